The second-order valence-corrected chi connectivity index (χ2v) is 5.19. The van der Waals surface area contributed by atoms with E-state index < -0.39 is 7.12 Å². The molecule has 2 rings (SSSR count). The molecule has 2 aromatic rings. The molecule has 110 valence electrons. The number of hydrogen-bond acceptors (Lipinski definition) is 4. The largest absolute Gasteiger partial charge is 0.488 e. The van der Waals surface area contributed by atoms with Gasteiger partial charge in [0, 0.05) is 18.8 Å². The van der Waals surface area contributed by atoms with Gasteiger partial charge < -0.3 is 10.0 Å². The molecule has 0 amide bonds. The minimum Gasteiger partial charge on any atom is -0.423 e. The van der Waals surface area contributed by atoms with Crippen LogP contribution >= 0.6 is 0 Å². The Labute approximate surface area is 126 Å². The van der Waals surface area contributed by atoms with E-state index in [9.17, 15) is 0 Å². The number of hydrogen-bond donors (Lipinski definition) is 2. The highest BCUT2D eigenvalue weighted by Crippen LogP contribution is 2.08. The monoisotopic (exact) mass is 284 g/mol. The molecular formula is C16H21BN2O2. The average molecular weight is 284 g/mol. The SMILES string of the molecule is CCN(Cc1ccc(B(O)O)cc1)Cc1cccc(C)n1. The fourth-order valence-corrected chi connectivity index (χ4v) is 2.25. The molecule has 1 aromatic heterocycles. The Kier molecular flexibility index (Phi) is 5.50. The molecule has 1 heterocycles. The summed E-state index contributed by atoms with van der Waals surface area (Å²) in [4.78, 5) is 6.83. The third-order valence-corrected chi connectivity index (χ3v) is 3.46. The van der Waals surface area contributed by atoms with Crippen molar-refractivity contribution in [2.75, 3.05) is 6.54 Å². The van der Waals surface area contributed by atoms with Crippen LogP contribution in [0.5, 0.6) is 0 Å². The lowest BCUT2D eigenvalue weighted by molar-refractivity contribution is 0.268. The first-order valence-electron chi connectivity index (χ1n) is 7.18. The predicted octanol–water partition coefficient (Wildman–Crippen LogP) is 1.09. The second kappa shape index (κ2) is 7.36. The van der Waals surface area contributed by atoms with Crippen molar-refractivity contribution < 1.29 is 10.0 Å². The number of rotatable bonds is 6. The van der Waals surface area contributed by atoms with Crippen LogP contribution in [0.2, 0.25) is 0 Å². The number of aryl methyl sites for hydroxylation is 1. The van der Waals surface area contributed by atoms with E-state index in [1.54, 1.807) is 12.1 Å². The smallest absolute Gasteiger partial charge is 0.423 e. The molecule has 0 aliphatic carbocycles. The molecule has 0 radical (unpaired) electrons. The van der Waals surface area contributed by atoms with Gasteiger partial charge in [-0.3, -0.25) is 9.88 Å². The van der Waals surface area contributed by atoms with Gasteiger partial charge in [-0.15, -0.1) is 0 Å². The lowest BCUT2D eigenvalue weighted by Crippen LogP contribution is -2.30. The summed E-state index contributed by atoms with van der Waals surface area (Å²) >= 11 is 0. The van der Waals surface area contributed by atoms with Crippen molar-refractivity contribution in [2.24, 2.45) is 0 Å². The maximum Gasteiger partial charge on any atom is 0.488 e. The van der Waals surface area contributed by atoms with Gasteiger partial charge in [0.25, 0.3) is 0 Å². The number of pyridine rings is 1. The molecule has 0 atom stereocenters. The van der Waals surface area contributed by atoms with Crippen LogP contribution in [0.25, 0.3) is 0 Å². The van der Waals surface area contributed by atoms with Crippen LogP contribution in [0.3, 0.4) is 0 Å². The summed E-state index contributed by atoms with van der Waals surface area (Å²) in [6, 6.07) is 13.4. The van der Waals surface area contributed by atoms with Gasteiger partial charge in [0.2, 0.25) is 0 Å². The Morgan fingerprint density at radius 1 is 1.05 bits per heavy atom. The third-order valence-electron chi connectivity index (χ3n) is 3.46. The first-order valence-corrected chi connectivity index (χ1v) is 7.18. The van der Waals surface area contributed by atoms with Gasteiger partial charge in [-0.2, -0.15) is 0 Å². The van der Waals surface area contributed by atoms with Gasteiger partial charge in [-0.05, 0) is 36.6 Å². The zero-order chi connectivity index (χ0) is 15.2. The zero-order valence-corrected chi connectivity index (χ0v) is 12.5. The molecule has 21 heavy (non-hydrogen) atoms. The first-order chi connectivity index (χ1) is 10.1. The van der Waals surface area contributed by atoms with Crippen LogP contribution in [0.4, 0.5) is 0 Å². The molecule has 4 nitrogen and oxygen atoms in total. The minimum atomic E-state index is -1.40. The second-order valence-electron chi connectivity index (χ2n) is 5.19. The van der Waals surface area contributed by atoms with Crippen LogP contribution in [0.15, 0.2) is 42.5 Å². The Balaban J connectivity index is 2.01. The molecule has 0 unspecified atom stereocenters. The summed E-state index contributed by atoms with van der Waals surface area (Å²) in [5.41, 5.74) is 3.76. The molecule has 0 spiro atoms. The number of nitrogens with zero attached hydrogens (tertiary/aromatic N) is 2. The zero-order valence-electron chi connectivity index (χ0n) is 12.5. The molecule has 5 heteroatoms. The normalized spacial score (nSPS) is 10.9. The predicted molar refractivity (Wildman–Crippen MR) is 85.0 cm³/mol. The quantitative estimate of drug-likeness (QED) is 0.780. The highest BCUT2D eigenvalue weighted by Gasteiger charge is 2.11. The Bertz CT molecular complexity index is 573. The molecule has 1 aromatic carbocycles. The standard InChI is InChI=1S/C16H21BN2O2/c1-3-19(12-16-6-4-5-13(2)18-16)11-14-7-9-15(10-8-14)17(20)21/h4-10,20-21H,3,11-12H2,1-2H3. The van der Waals surface area contributed by atoms with E-state index in [4.69, 9.17) is 10.0 Å². The van der Waals surface area contributed by atoms with Gasteiger partial charge >= 0.3 is 7.12 Å². The maximum absolute atomic E-state index is 9.10. The van der Waals surface area contributed by atoms with Crippen molar-refractivity contribution in [1.29, 1.82) is 0 Å². The Morgan fingerprint density at radius 2 is 1.76 bits per heavy atom. The van der Waals surface area contributed by atoms with E-state index >= 15 is 0 Å². The lowest BCUT2D eigenvalue weighted by Gasteiger charge is -2.20. The minimum absolute atomic E-state index is 0.516. The van der Waals surface area contributed by atoms with E-state index in [-0.39, 0.29) is 0 Å². The molecule has 0 aliphatic heterocycles. The van der Waals surface area contributed by atoms with Crippen molar-refractivity contribution in [3.05, 3.63) is 59.4 Å². The van der Waals surface area contributed by atoms with E-state index in [0.29, 0.717) is 5.46 Å². The molecule has 0 saturated heterocycles. The van der Waals surface area contributed by atoms with Crippen molar-refractivity contribution in [1.82, 2.24) is 9.88 Å². The van der Waals surface area contributed by atoms with Crippen LogP contribution in [0.1, 0.15) is 23.9 Å². The summed E-state index contributed by atoms with van der Waals surface area (Å²) in [6.45, 7) is 6.68. The first kappa shape index (κ1) is 15.7. The van der Waals surface area contributed by atoms with Crippen molar-refractivity contribution in [3.63, 3.8) is 0 Å². The molecule has 2 N–H and O–H groups in total. The number of aromatic nitrogens is 1. The summed E-state index contributed by atoms with van der Waals surface area (Å²) in [5, 5.41) is 18.2. The molecule has 0 saturated carbocycles. The molecule has 0 fully saturated rings. The van der Waals surface area contributed by atoms with E-state index in [1.165, 1.54) is 0 Å². The maximum atomic E-state index is 9.10. The van der Waals surface area contributed by atoms with Gasteiger partial charge in [-0.25, -0.2) is 0 Å². The van der Waals surface area contributed by atoms with E-state index in [0.717, 1.165) is 36.6 Å². The summed E-state index contributed by atoms with van der Waals surface area (Å²) in [7, 11) is -1.40. The highest BCUT2D eigenvalue weighted by molar-refractivity contribution is 6.58. The molecule has 0 bridgehead atoms. The van der Waals surface area contributed by atoms with Crippen molar-refractivity contribution in [3.8, 4) is 0 Å². The van der Waals surface area contributed by atoms with Crippen LogP contribution in [-0.4, -0.2) is 33.6 Å². The van der Waals surface area contributed by atoms with Gasteiger partial charge in [0.1, 0.15) is 0 Å². The lowest BCUT2D eigenvalue weighted by atomic mass is 9.80. The summed E-state index contributed by atoms with van der Waals surface area (Å²) in [5.74, 6) is 0. The van der Waals surface area contributed by atoms with Crippen LogP contribution in [-0.2, 0) is 13.1 Å². The highest BCUT2D eigenvalue weighted by atomic mass is 16.4. The van der Waals surface area contributed by atoms with E-state index in [2.05, 4.69) is 16.8 Å². The van der Waals surface area contributed by atoms with Gasteiger partial charge in [-0.1, -0.05) is 37.3 Å². The molecular weight excluding hydrogens is 263 g/mol. The van der Waals surface area contributed by atoms with E-state index in [1.807, 2.05) is 37.3 Å². The fraction of sp³-hybridized carbons (Fsp3) is 0.312. The Hall–Kier alpha value is -1.69. The Morgan fingerprint density at radius 3 is 2.33 bits per heavy atom. The van der Waals surface area contributed by atoms with Crippen molar-refractivity contribution in [2.45, 2.75) is 26.9 Å². The fourth-order valence-electron chi connectivity index (χ4n) is 2.25. The van der Waals surface area contributed by atoms with Gasteiger partial charge in [0.05, 0.1) is 5.69 Å². The third kappa shape index (κ3) is 4.67. The topological polar surface area (TPSA) is 56.6 Å². The summed E-state index contributed by atoms with van der Waals surface area (Å²) in [6.07, 6.45) is 0. The summed E-state index contributed by atoms with van der Waals surface area (Å²) < 4.78 is 0. The van der Waals surface area contributed by atoms with Crippen LogP contribution in [0, 0.1) is 6.92 Å². The van der Waals surface area contributed by atoms with Crippen LogP contribution < -0.4 is 5.46 Å². The van der Waals surface area contributed by atoms with Crippen molar-refractivity contribution >= 4 is 12.6 Å². The average Bonchev–Trinajstić information content (AvgIpc) is 2.47. The van der Waals surface area contributed by atoms with Gasteiger partial charge in [0.15, 0.2) is 0 Å². The molecule has 0 aliphatic rings. The number of benzene rings is 1.